The van der Waals surface area contributed by atoms with Crippen LogP contribution in [-0.2, 0) is 13.1 Å². The van der Waals surface area contributed by atoms with Crippen molar-refractivity contribution in [2.45, 2.75) is 13.1 Å². The zero-order chi connectivity index (χ0) is 10.5. The Morgan fingerprint density at radius 3 is 3.00 bits per heavy atom. The maximum atomic E-state index is 5.86. The van der Waals surface area contributed by atoms with Gasteiger partial charge < -0.3 is 5.32 Å². The quantitative estimate of drug-likeness (QED) is 0.816. The molecule has 0 radical (unpaired) electrons. The van der Waals surface area contributed by atoms with Gasteiger partial charge in [-0.25, -0.2) is 0 Å². The first-order chi connectivity index (χ1) is 7.34. The highest BCUT2D eigenvalue weighted by Crippen LogP contribution is 2.10. The van der Waals surface area contributed by atoms with Gasteiger partial charge >= 0.3 is 0 Å². The number of tetrazole rings is 1. The summed E-state index contributed by atoms with van der Waals surface area (Å²) in [6, 6.07) is 7.71. The van der Waals surface area contributed by atoms with Crippen molar-refractivity contribution in [3.8, 4) is 0 Å². The van der Waals surface area contributed by atoms with E-state index < -0.39 is 0 Å². The molecule has 0 fully saturated rings. The lowest BCUT2D eigenvalue weighted by molar-refractivity contribution is 0.663. The van der Waals surface area contributed by atoms with Gasteiger partial charge in [-0.3, -0.25) is 0 Å². The number of nitrogens with zero attached hydrogens (tertiary/aromatic N) is 3. The Balaban J connectivity index is 1.83. The lowest BCUT2D eigenvalue weighted by Crippen LogP contribution is -2.13. The van der Waals surface area contributed by atoms with Gasteiger partial charge in [-0.15, -0.1) is 10.2 Å². The molecule has 78 valence electrons. The molecule has 0 bridgehead atoms. The van der Waals surface area contributed by atoms with Crippen molar-refractivity contribution in [1.29, 1.82) is 0 Å². The number of H-pyrrole nitrogens is 1. The lowest BCUT2D eigenvalue weighted by Gasteiger charge is -2.02. The number of benzene rings is 1. The van der Waals surface area contributed by atoms with E-state index in [1.807, 2.05) is 24.3 Å². The summed E-state index contributed by atoms with van der Waals surface area (Å²) in [5, 5.41) is 17.5. The van der Waals surface area contributed by atoms with Gasteiger partial charge in [0.1, 0.15) is 0 Å². The summed E-state index contributed by atoms with van der Waals surface area (Å²) in [7, 11) is 0. The van der Waals surface area contributed by atoms with Crippen LogP contribution in [0.25, 0.3) is 0 Å². The lowest BCUT2D eigenvalue weighted by atomic mass is 10.2. The van der Waals surface area contributed by atoms with E-state index in [0.717, 1.165) is 17.1 Å². The Hall–Kier alpha value is -1.46. The summed E-state index contributed by atoms with van der Waals surface area (Å²) in [6.07, 6.45) is 0. The average molecular weight is 224 g/mol. The second-order valence-corrected chi connectivity index (χ2v) is 3.50. The number of nitrogens with one attached hydrogen (secondary N) is 2. The normalized spacial score (nSPS) is 10.5. The topological polar surface area (TPSA) is 66.5 Å². The number of hydrogen-bond donors (Lipinski definition) is 2. The summed E-state index contributed by atoms with van der Waals surface area (Å²) < 4.78 is 0. The van der Waals surface area contributed by atoms with E-state index in [1.165, 1.54) is 0 Å². The van der Waals surface area contributed by atoms with Crippen molar-refractivity contribution in [3.63, 3.8) is 0 Å². The highest BCUT2D eigenvalue weighted by molar-refractivity contribution is 6.30. The molecule has 2 aromatic rings. The van der Waals surface area contributed by atoms with Gasteiger partial charge in [0, 0.05) is 11.6 Å². The highest BCUT2D eigenvalue weighted by Gasteiger charge is 1.97. The molecule has 0 atom stereocenters. The Bertz CT molecular complexity index is 414. The molecule has 15 heavy (non-hydrogen) atoms. The standard InChI is InChI=1S/C9H10ClN5/c10-8-3-1-2-7(4-8)5-11-6-9-12-14-15-13-9/h1-4,11H,5-6H2,(H,12,13,14,15). The minimum absolute atomic E-state index is 0.586. The van der Waals surface area contributed by atoms with Crippen LogP contribution in [0.15, 0.2) is 24.3 Å². The molecule has 1 aromatic heterocycles. The van der Waals surface area contributed by atoms with Crippen LogP contribution in [-0.4, -0.2) is 20.6 Å². The number of hydrogen-bond acceptors (Lipinski definition) is 4. The molecular weight excluding hydrogens is 214 g/mol. The van der Waals surface area contributed by atoms with Crippen LogP contribution in [0.5, 0.6) is 0 Å². The molecule has 0 aliphatic rings. The average Bonchev–Trinajstić information content (AvgIpc) is 2.71. The smallest absolute Gasteiger partial charge is 0.188 e. The van der Waals surface area contributed by atoms with E-state index >= 15 is 0 Å². The Kier molecular flexibility index (Phi) is 3.26. The van der Waals surface area contributed by atoms with Crippen LogP contribution < -0.4 is 5.32 Å². The molecule has 0 spiro atoms. The summed E-state index contributed by atoms with van der Waals surface area (Å²) in [5.74, 6) is 0.650. The van der Waals surface area contributed by atoms with Crippen molar-refractivity contribution in [1.82, 2.24) is 25.9 Å². The number of rotatable bonds is 4. The van der Waals surface area contributed by atoms with Crippen LogP contribution in [0, 0.1) is 0 Å². The van der Waals surface area contributed by atoms with Crippen molar-refractivity contribution in [2.24, 2.45) is 0 Å². The van der Waals surface area contributed by atoms with Crippen LogP contribution in [0.3, 0.4) is 0 Å². The molecule has 0 amide bonds. The maximum Gasteiger partial charge on any atom is 0.188 e. The summed E-state index contributed by atoms with van der Waals surface area (Å²) in [4.78, 5) is 0. The van der Waals surface area contributed by atoms with Crippen LogP contribution in [0.4, 0.5) is 0 Å². The fourth-order valence-corrected chi connectivity index (χ4v) is 1.44. The van der Waals surface area contributed by atoms with Crippen molar-refractivity contribution < 1.29 is 0 Å². The zero-order valence-corrected chi connectivity index (χ0v) is 8.70. The zero-order valence-electron chi connectivity index (χ0n) is 7.94. The van der Waals surface area contributed by atoms with Gasteiger partial charge in [-0.1, -0.05) is 28.9 Å². The molecule has 2 N–H and O–H groups in total. The van der Waals surface area contributed by atoms with Gasteiger partial charge in [0.25, 0.3) is 0 Å². The van der Waals surface area contributed by atoms with Crippen LogP contribution >= 0.6 is 11.6 Å². The van der Waals surface area contributed by atoms with E-state index in [0.29, 0.717) is 12.4 Å². The SMILES string of the molecule is Clc1cccc(CNCc2nn[nH]n2)c1. The van der Waals surface area contributed by atoms with E-state index in [2.05, 4.69) is 25.9 Å². The molecule has 1 heterocycles. The predicted molar refractivity (Wildman–Crippen MR) is 56.2 cm³/mol. The Morgan fingerprint density at radius 2 is 2.27 bits per heavy atom. The molecule has 0 unspecified atom stereocenters. The Labute approximate surface area is 91.8 Å². The molecule has 0 aliphatic heterocycles. The summed E-state index contributed by atoms with van der Waals surface area (Å²) in [5.41, 5.74) is 1.13. The van der Waals surface area contributed by atoms with E-state index in [4.69, 9.17) is 11.6 Å². The second kappa shape index (κ2) is 4.86. The molecule has 0 saturated carbocycles. The van der Waals surface area contributed by atoms with Crippen LogP contribution in [0.2, 0.25) is 5.02 Å². The van der Waals surface area contributed by atoms with Gasteiger partial charge in [-0.05, 0) is 17.7 Å². The predicted octanol–water partition coefficient (Wildman–Crippen LogP) is 1.14. The third kappa shape index (κ3) is 3.00. The van der Waals surface area contributed by atoms with E-state index in [9.17, 15) is 0 Å². The molecule has 6 heteroatoms. The molecular formula is C9H10ClN5. The maximum absolute atomic E-state index is 5.86. The highest BCUT2D eigenvalue weighted by atomic mass is 35.5. The van der Waals surface area contributed by atoms with Gasteiger partial charge in [0.2, 0.25) is 0 Å². The molecule has 0 aliphatic carbocycles. The second-order valence-electron chi connectivity index (χ2n) is 3.06. The summed E-state index contributed by atoms with van der Waals surface area (Å²) in [6.45, 7) is 1.32. The first-order valence-electron chi connectivity index (χ1n) is 4.52. The van der Waals surface area contributed by atoms with Gasteiger partial charge in [0.05, 0.1) is 6.54 Å². The van der Waals surface area contributed by atoms with Crippen molar-refractivity contribution in [2.75, 3.05) is 0 Å². The van der Waals surface area contributed by atoms with E-state index in [-0.39, 0.29) is 0 Å². The largest absolute Gasteiger partial charge is 0.306 e. The third-order valence-corrected chi connectivity index (χ3v) is 2.13. The van der Waals surface area contributed by atoms with Gasteiger partial charge in [0.15, 0.2) is 5.82 Å². The third-order valence-electron chi connectivity index (χ3n) is 1.89. The molecule has 1 aromatic carbocycles. The Morgan fingerprint density at radius 1 is 1.33 bits per heavy atom. The molecule has 5 nitrogen and oxygen atoms in total. The number of aromatic amines is 1. The number of aromatic nitrogens is 4. The first-order valence-corrected chi connectivity index (χ1v) is 4.90. The summed E-state index contributed by atoms with van der Waals surface area (Å²) >= 11 is 5.86. The monoisotopic (exact) mass is 223 g/mol. The number of halogens is 1. The van der Waals surface area contributed by atoms with Crippen molar-refractivity contribution >= 4 is 11.6 Å². The molecule has 2 rings (SSSR count). The fourth-order valence-electron chi connectivity index (χ4n) is 1.22. The molecule has 0 saturated heterocycles. The van der Waals surface area contributed by atoms with Crippen LogP contribution in [0.1, 0.15) is 11.4 Å². The van der Waals surface area contributed by atoms with E-state index in [1.54, 1.807) is 0 Å². The van der Waals surface area contributed by atoms with Gasteiger partial charge in [-0.2, -0.15) is 5.21 Å². The van der Waals surface area contributed by atoms with Crippen molar-refractivity contribution in [3.05, 3.63) is 40.7 Å². The minimum atomic E-state index is 0.586. The first kappa shape index (κ1) is 10.1. The minimum Gasteiger partial charge on any atom is -0.306 e. The fraction of sp³-hybridized carbons (Fsp3) is 0.222.